The largest absolute Gasteiger partial charge is 0.363 e. The first-order valence-electron chi connectivity index (χ1n) is 7.00. The molecule has 0 amide bonds. The van der Waals surface area contributed by atoms with Crippen molar-refractivity contribution < 1.29 is 0 Å². The normalized spacial score (nSPS) is 10.4. The van der Waals surface area contributed by atoms with Crippen LogP contribution in [0, 0.1) is 0 Å². The Morgan fingerprint density at radius 2 is 1.11 bits per heavy atom. The highest BCUT2D eigenvalue weighted by Gasteiger charge is 1.98. The van der Waals surface area contributed by atoms with E-state index in [0.29, 0.717) is 12.1 Å². The first-order chi connectivity index (χ1) is 8.91. The summed E-state index contributed by atoms with van der Waals surface area (Å²) in [6.45, 7) is 10.2. The quantitative estimate of drug-likeness (QED) is 0.406. The molecule has 112 valence electrons. The standard InChI is InChI=1S/C13H28N4S2/c1-10(2)16-12(18)14-8-6-5-7-9-15-13(19)17-11(3)4/h10-11H,5-9H2,1-4H3,(H2,14,16,18)(H2,15,17,19). The van der Waals surface area contributed by atoms with E-state index in [1.807, 2.05) is 0 Å². The minimum absolute atomic E-state index is 0.388. The van der Waals surface area contributed by atoms with Crippen LogP contribution in [0.25, 0.3) is 0 Å². The van der Waals surface area contributed by atoms with Gasteiger partial charge < -0.3 is 21.3 Å². The Labute approximate surface area is 128 Å². The highest BCUT2D eigenvalue weighted by molar-refractivity contribution is 7.80. The van der Waals surface area contributed by atoms with Gasteiger partial charge in [-0.3, -0.25) is 0 Å². The predicted molar refractivity (Wildman–Crippen MR) is 91.6 cm³/mol. The topological polar surface area (TPSA) is 48.1 Å². The van der Waals surface area contributed by atoms with Crippen molar-refractivity contribution in [1.29, 1.82) is 0 Å². The van der Waals surface area contributed by atoms with Crippen LogP contribution in [-0.4, -0.2) is 35.4 Å². The molecule has 0 aromatic rings. The summed E-state index contributed by atoms with van der Waals surface area (Å²) in [6, 6.07) is 0.775. The van der Waals surface area contributed by atoms with Gasteiger partial charge in [-0.05, 0) is 71.4 Å². The summed E-state index contributed by atoms with van der Waals surface area (Å²) in [6.07, 6.45) is 3.40. The second kappa shape index (κ2) is 11.2. The van der Waals surface area contributed by atoms with Crippen molar-refractivity contribution in [3.8, 4) is 0 Å². The van der Waals surface area contributed by atoms with Crippen molar-refractivity contribution in [2.45, 2.75) is 59.0 Å². The lowest BCUT2D eigenvalue weighted by Gasteiger charge is -2.14. The van der Waals surface area contributed by atoms with E-state index >= 15 is 0 Å². The first-order valence-corrected chi connectivity index (χ1v) is 7.82. The SMILES string of the molecule is CC(C)NC(=S)NCCCCCNC(=S)NC(C)C. The van der Waals surface area contributed by atoms with E-state index in [1.54, 1.807) is 0 Å². The van der Waals surface area contributed by atoms with Crippen LogP contribution in [0.15, 0.2) is 0 Å². The molecule has 0 atom stereocenters. The highest BCUT2D eigenvalue weighted by Crippen LogP contribution is 1.92. The molecule has 0 aromatic heterocycles. The number of hydrogen-bond donors (Lipinski definition) is 4. The van der Waals surface area contributed by atoms with E-state index in [0.717, 1.165) is 42.6 Å². The van der Waals surface area contributed by atoms with Gasteiger partial charge in [0.25, 0.3) is 0 Å². The third kappa shape index (κ3) is 13.6. The zero-order chi connectivity index (χ0) is 14.7. The molecule has 0 aliphatic rings. The fourth-order valence-electron chi connectivity index (χ4n) is 1.46. The van der Waals surface area contributed by atoms with Crippen LogP contribution < -0.4 is 21.3 Å². The maximum atomic E-state index is 5.15. The Hall–Kier alpha value is -0.620. The molecule has 19 heavy (non-hydrogen) atoms. The fraction of sp³-hybridized carbons (Fsp3) is 0.846. The molecule has 0 aliphatic carbocycles. The van der Waals surface area contributed by atoms with Gasteiger partial charge in [0.05, 0.1) is 0 Å². The maximum absolute atomic E-state index is 5.15. The van der Waals surface area contributed by atoms with Crippen LogP contribution >= 0.6 is 24.4 Å². The number of hydrogen-bond acceptors (Lipinski definition) is 2. The van der Waals surface area contributed by atoms with Gasteiger partial charge in [0, 0.05) is 25.2 Å². The van der Waals surface area contributed by atoms with Crippen LogP contribution in [0.5, 0.6) is 0 Å². The summed E-state index contributed by atoms with van der Waals surface area (Å²) >= 11 is 10.3. The molecule has 6 heteroatoms. The van der Waals surface area contributed by atoms with E-state index in [1.165, 1.54) is 0 Å². The Balaban J connectivity index is 3.32. The molecule has 0 fully saturated rings. The van der Waals surface area contributed by atoms with Crippen molar-refractivity contribution in [1.82, 2.24) is 21.3 Å². The van der Waals surface area contributed by atoms with Crippen molar-refractivity contribution in [3.05, 3.63) is 0 Å². The molecule has 0 aromatic carbocycles. The number of rotatable bonds is 8. The zero-order valence-corrected chi connectivity index (χ0v) is 14.1. The number of unbranched alkanes of at least 4 members (excludes halogenated alkanes) is 2. The van der Waals surface area contributed by atoms with Crippen LogP contribution in [-0.2, 0) is 0 Å². The second-order valence-electron chi connectivity index (χ2n) is 5.17. The van der Waals surface area contributed by atoms with Gasteiger partial charge in [-0.2, -0.15) is 0 Å². The van der Waals surface area contributed by atoms with Crippen molar-refractivity contribution >= 4 is 34.7 Å². The van der Waals surface area contributed by atoms with Gasteiger partial charge in [-0.1, -0.05) is 0 Å². The van der Waals surface area contributed by atoms with Crippen molar-refractivity contribution in [2.24, 2.45) is 0 Å². The summed E-state index contributed by atoms with van der Waals surface area (Å²) in [4.78, 5) is 0. The molecular weight excluding hydrogens is 276 g/mol. The van der Waals surface area contributed by atoms with Gasteiger partial charge in [0.15, 0.2) is 10.2 Å². The first kappa shape index (κ1) is 18.4. The third-order valence-corrected chi connectivity index (χ3v) is 2.79. The van der Waals surface area contributed by atoms with Gasteiger partial charge >= 0.3 is 0 Å². The molecular formula is C13H28N4S2. The zero-order valence-electron chi connectivity index (χ0n) is 12.5. The Morgan fingerprint density at radius 3 is 1.42 bits per heavy atom. The third-order valence-electron chi connectivity index (χ3n) is 2.26. The van der Waals surface area contributed by atoms with Gasteiger partial charge in [0.2, 0.25) is 0 Å². The summed E-state index contributed by atoms with van der Waals surface area (Å²) in [5, 5.41) is 14.2. The molecule has 0 bridgehead atoms. The smallest absolute Gasteiger partial charge is 0.166 e. The van der Waals surface area contributed by atoms with Gasteiger partial charge in [-0.25, -0.2) is 0 Å². The molecule has 0 heterocycles. The van der Waals surface area contributed by atoms with E-state index in [2.05, 4.69) is 49.0 Å². The molecule has 0 rings (SSSR count). The summed E-state index contributed by atoms with van der Waals surface area (Å²) in [5.41, 5.74) is 0. The molecule has 0 unspecified atom stereocenters. The molecule has 0 aliphatic heterocycles. The number of thiocarbonyl (C=S) groups is 2. The van der Waals surface area contributed by atoms with E-state index in [4.69, 9.17) is 24.4 Å². The minimum atomic E-state index is 0.388. The van der Waals surface area contributed by atoms with E-state index in [9.17, 15) is 0 Å². The van der Waals surface area contributed by atoms with Crippen LogP contribution in [0.3, 0.4) is 0 Å². The highest BCUT2D eigenvalue weighted by atomic mass is 32.1. The molecule has 0 saturated heterocycles. The Morgan fingerprint density at radius 1 is 0.737 bits per heavy atom. The maximum Gasteiger partial charge on any atom is 0.166 e. The molecule has 4 nitrogen and oxygen atoms in total. The minimum Gasteiger partial charge on any atom is -0.363 e. The van der Waals surface area contributed by atoms with Crippen LogP contribution in [0.2, 0.25) is 0 Å². The van der Waals surface area contributed by atoms with Crippen LogP contribution in [0.4, 0.5) is 0 Å². The lowest BCUT2D eigenvalue weighted by molar-refractivity contribution is 0.634. The van der Waals surface area contributed by atoms with Crippen LogP contribution in [0.1, 0.15) is 47.0 Å². The molecule has 0 radical (unpaired) electrons. The monoisotopic (exact) mass is 304 g/mol. The van der Waals surface area contributed by atoms with Gasteiger partial charge in [0.1, 0.15) is 0 Å². The average molecular weight is 305 g/mol. The molecule has 0 saturated carbocycles. The summed E-state index contributed by atoms with van der Waals surface area (Å²) in [5.74, 6) is 0. The Kier molecular flexibility index (Phi) is 10.9. The lowest BCUT2D eigenvalue weighted by atomic mass is 10.2. The van der Waals surface area contributed by atoms with Gasteiger partial charge in [-0.15, -0.1) is 0 Å². The molecule has 0 spiro atoms. The summed E-state index contributed by atoms with van der Waals surface area (Å²) < 4.78 is 0. The van der Waals surface area contributed by atoms with E-state index in [-0.39, 0.29) is 0 Å². The fourth-order valence-corrected chi connectivity index (χ4v) is 2.13. The number of nitrogens with one attached hydrogen (secondary N) is 4. The molecule has 4 N–H and O–H groups in total. The lowest BCUT2D eigenvalue weighted by Crippen LogP contribution is -2.40. The summed E-state index contributed by atoms with van der Waals surface area (Å²) in [7, 11) is 0. The Bertz CT molecular complexity index is 241. The van der Waals surface area contributed by atoms with E-state index < -0.39 is 0 Å². The predicted octanol–water partition coefficient (Wildman–Crippen LogP) is 1.90. The second-order valence-corrected chi connectivity index (χ2v) is 5.99. The van der Waals surface area contributed by atoms with Crippen molar-refractivity contribution in [2.75, 3.05) is 13.1 Å². The average Bonchev–Trinajstić information content (AvgIpc) is 2.25. The van der Waals surface area contributed by atoms with Crippen molar-refractivity contribution in [3.63, 3.8) is 0 Å².